The van der Waals surface area contributed by atoms with Crippen molar-refractivity contribution in [3.05, 3.63) is 80.5 Å². The number of carbonyl (C=O) groups is 3. The fraction of sp³-hybridized carbons (Fsp3) is 0.321. The Morgan fingerprint density at radius 3 is 2.65 bits per heavy atom. The van der Waals surface area contributed by atoms with E-state index < -0.39 is 0 Å². The van der Waals surface area contributed by atoms with Crippen molar-refractivity contribution in [2.75, 3.05) is 29.9 Å². The van der Waals surface area contributed by atoms with Crippen LogP contribution in [0, 0.1) is 6.92 Å². The predicted octanol–water partition coefficient (Wildman–Crippen LogP) is 5.07. The van der Waals surface area contributed by atoms with E-state index in [9.17, 15) is 14.4 Å². The van der Waals surface area contributed by atoms with Crippen molar-refractivity contribution in [3.8, 4) is 0 Å². The second kappa shape index (κ2) is 11.1. The van der Waals surface area contributed by atoms with Crippen molar-refractivity contribution in [2.24, 2.45) is 0 Å². The first-order chi connectivity index (χ1) is 17.9. The summed E-state index contributed by atoms with van der Waals surface area (Å²) in [7, 11) is 0. The van der Waals surface area contributed by atoms with E-state index in [0.29, 0.717) is 23.5 Å². The zero-order valence-electron chi connectivity index (χ0n) is 20.6. The van der Waals surface area contributed by atoms with Crippen molar-refractivity contribution < 1.29 is 14.4 Å². The van der Waals surface area contributed by atoms with Gasteiger partial charge < -0.3 is 20.4 Å². The number of thiophene rings is 1. The lowest BCUT2D eigenvalue weighted by Crippen LogP contribution is -2.40. The molecule has 3 heterocycles. The van der Waals surface area contributed by atoms with Crippen molar-refractivity contribution in [1.29, 1.82) is 0 Å². The molecule has 3 amide bonds. The minimum Gasteiger partial charge on any atom is -0.383 e. The minimum atomic E-state index is -0.259. The molecule has 1 unspecified atom stereocenters. The number of aryl methyl sites for hydroxylation is 1. The van der Waals surface area contributed by atoms with Gasteiger partial charge in [0.1, 0.15) is 0 Å². The molecule has 2 aliphatic heterocycles. The zero-order valence-corrected chi connectivity index (χ0v) is 23.0. The summed E-state index contributed by atoms with van der Waals surface area (Å²) < 4.78 is 0.889. The molecule has 7 nitrogen and oxygen atoms in total. The quantitative estimate of drug-likeness (QED) is 0.408. The highest BCUT2D eigenvalue weighted by Crippen LogP contribution is 2.28. The van der Waals surface area contributed by atoms with E-state index in [4.69, 9.17) is 0 Å². The molecule has 2 N–H and O–H groups in total. The summed E-state index contributed by atoms with van der Waals surface area (Å²) in [5.41, 5.74) is 3.30. The number of likely N-dealkylation sites (tertiary alicyclic amines) is 1. The van der Waals surface area contributed by atoms with Gasteiger partial charge in [0, 0.05) is 49.0 Å². The highest BCUT2D eigenvalue weighted by Gasteiger charge is 2.33. The maximum atomic E-state index is 13.5. The fourth-order valence-electron chi connectivity index (χ4n) is 5.06. The fourth-order valence-corrected chi connectivity index (χ4v) is 6.35. The molecule has 0 aliphatic carbocycles. The second-order valence-corrected chi connectivity index (χ2v) is 12.0. The summed E-state index contributed by atoms with van der Waals surface area (Å²) in [6, 6.07) is 19.1. The first-order valence-corrected chi connectivity index (χ1v) is 14.1. The van der Waals surface area contributed by atoms with Crippen molar-refractivity contribution in [1.82, 2.24) is 10.2 Å². The third-order valence-electron chi connectivity index (χ3n) is 6.96. The third kappa shape index (κ3) is 5.72. The van der Waals surface area contributed by atoms with Gasteiger partial charge in [0.15, 0.2) is 0 Å². The predicted molar refractivity (Wildman–Crippen MR) is 150 cm³/mol. The van der Waals surface area contributed by atoms with Gasteiger partial charge in [-0.1, -0.05) is 18.2 Å². The van der Waals surface area contributed by atoms with E-state index in [1.165, 1.54) is 11.3 Å². The Morgan fingerprint density at radius 1 is 1.11 bits per heavy atom. The molecule has 2 aromatic carbocycles. The number of carbonyl (C=O) groups excluding carboxylic acids is 3. The number of hydrogen-bond donors (Lipinski definition) is 2. The number of amides is 3. The highest BCUT2D eigenvalue weighted by atomic mass is 79.9. The number of para-hydroxylation sites is 1. The Bertz CT molecular complexity index is 1310. The van der Waals surface area contributed by atoms with Crippen LogP contribution in [0.1, 0.15) is 44.9 Å². The number of nitrogens with one attached hydrogen (secondary N) is 2. The van der Waals surface area contributed by atoms with Gasteiger partial charge in [0.05, 0.1) is 14.7 Å². The topological polar surface area (TPSA) is 81.8 Å². The van der Waals surface area contributed by atoms with E-state index in [0.717, 1.165) is 40.1 Å². The molecular weight excluding hydrogens is 552 g/mol. The molecule has 0 saturated carbocycles. The lowest BCUT2D eigenvalue weighted by atomic mass is 10.1. The number of benzene rings is 2. The molecule has 192 valence electrons. The monoisotopic (exact) mass is 580 g/mol. The van der Waals surface area contributed by atoms with Crippen molar-refractivity contribution >= 4 is 56.4 Å². The van der Waals surface area contributed by atoms with Crippen LogP contribution in [0.4, 0.5) is 11.4 Å². The normalized spacial score (nSPS) is 19.4. The number of rotatable bonds is 7. The van der Waals surface area contributed by atoms with Gasteiger partial charge in [-0.3, -0.25) is 14.4 Å². The second-order valence-electron chi connectivity index (χ2n) is 9.52. The molecule has 3 aromatic rings. The van der Waals surface area contributed by atoms with Crippen LogP contribution in [0.2, 0.25) is 0 Å². The van der Waals surface area contributed by atoms with Crippen molar-refractivity contribution in [3.63, 3.8) is 0 Å². The molecule has 5 rings (SSSR count). The highest BCUT2D eigenvalue weighted by molar-refractivity contribution is 9.11. The van der Waals surface area contributed by atoms with Crippen LogP contribution in [0.5, 0.6) is 0 Å². The lowest BCUT2D eigenvalue weighted by molar-refractivity contribution is -0.117. The molecule has 37 heavy (non-hydrogen) atoms. The van der Waals surface area contributed by atoms with E-state index in [2.05, 4.69) is 26.6 Å². The number of nitrogens with zero attached hydrogens (tertiary/aromatic N) is 2. The SMILES string of the molecule is Cc1cc(N2CC(NC(=O)c3ccc(Br)s3)CC2=O)ccc1C(=O)N1CCC[C@H]1CNc1ccccc1. The summed E-state index contributed by atoms with van der Waals surface area (Å²) in [4.78, 5) is 43.0. The van der Waals surface area contributed by atoms with Gasteiger partial charge in [0.2, 0.25) is 5.91 Å². The van der Waals surface area contributed by atoms with Crippen LogP contribution >= 0.6 is 27.3 Å². The van der Waals surface area contributed by atoms with Crippen LogP contribution < -0.4 is 15.5 Å². The molecule has 9 heteroatoms. The molecule has 2 aliphatic rings. The largest absolute Gasteiger partial charge is 0.383 e. The molecule has 0 bridgehead atoms. The summed E-state index contributed by atoms with van der Waals surface area (Å²) >= 11 is 4.74. The first kappa shape index (κ1) is 25.5. The average molecular weight is 582 g/mol. The molecular formula is C28H29BrN4O3S. The minimum absolute atomic E-state index is 0.0291. The van der Waals surface area contributed by atoms with Crippen molar-refractivity contribution in [2.45, 2.75) is 38.3 Å². The summed E-state index contributed by atoms with van der Waals surface area (Å²) in [6.07, 6.45) is 2.21. The molecule has 2 saturated heterocycles. The molecule has 2 fully saturated rings. The van der Waals surface area contributed by atoms with Gasteiger partial charge in [-0.2, -0.15) is 0 Å². The Morgan fingerprint density at radius 2 is 1.92 bits per heavy atom. The van der Waals surface area contributed by atoms with E-state index >= 15 is 0 Å². The van der Waals surface area contributed by atoms with Crippen LogP contribution in [0.3, 0.4) is 0 Å². The maximum absolute atomic E-state index is 13.5. The van der Waals surface area contributed by atoms with E-state index in [1.807, 2.05) is 66.4 Å². The number of anilines is 2. The molecule has 2 atom stereocenters. The summed E-state index contributed by atoms with van der Waals surface area (Å²) in [6.45, 7) is 3.78. The Labute approximate surface area is 229 Å². The standard InChI is InChI=1S/C28H29BrN4O3S/c1-18-14-21(33-17-20(15-26(33)34)31-27(35)24-11-12-25(29)37-24)9-10-23(18)28(36)32-13-5-8-22(32)16-30-19-6-3-2-4-7-19/h2-4,6-7,9-12,14,20,22,30H,5,8,13,15-17H2,1H3,(H,31,35)/t20?,22-/m0/s1. The van der Waals surface area contributed by atoms with Crippen LogP contribution in [-0.4, -0.2) is 54.3 Å². The summed E-state index contributed by atoms with van der Waals surface area (Å²) in [5, 5.41) is 6.42. The van der Waals surface area contributed by atoms with Gasteiger partial charge in [0.25, 0.3) is 11.8 Å². The smallest absolute Gasteiger partial charge is 0.261 e. The third-order valence-corrected chi connectivity index (χ3v) is 8.59. The molecule has 1 aromatic heterocycles. The van der Waals surface area contributed by atoms with Gasteiger partial charge in [-0.25, -0.2) is 0 Å². The average Bonchev–Trinajstić information content (AvgIpc) is 3.63. The van der Waals surface area contributed by atoms with Gasteiger partial charge >= 0.3 is 0 Å². The maximum Gasteiger partial charge on any atom is 0.261 e. The Kier molecular flexibility index (Phi) is 7.62. The molecule has 0 radical (unpaired) electrons. The summed E-state index contributed by atoms with van der Waals surface area (Å²) in [5.74, 6) is -0.182. The number of halogens is 1. The first-order valence-electron chi connectivity index (χ1n) is 12.5. The van der Waals surface area contributed by atoms with E-state index in [1.54, 1.807) is 11.0 Å². The Balaban J connectivity index is 1.23. The lowest BCUT2D eigenvalue weighted by Gasteiger charge is -2.26. The van der Waals surface area contributed by atoms with Gasteiger partial charge in [-0.05, 0) is 83.7 Å². The Hall–Kier alpha value is -3.17. The van der Waals surface area contributed by atoms with Crippen LogP contribution in [0.15, 0.2) is 64.5 Å². The zero-order chi connectivity index (χ0) is 25.9. The van der Waals surface area contributed by atoms with Crippen LogP contribution in [-0.2, 0) is 4.79 Å². The van der Waals surface area contributed by atoms with E-state index in [-0.39, 0.29) is 36.2 Å². The molecule has 0 spiro atoms. The van der Waals surface area contributed by atoms with Gasteiger partial charge in [-0.15, -0.1) is 11.3 Å². The van der Waals surface area contributed by atoms with Crippen LogP contribution in [0.25, 0.3) is 0 Å². The number of hydrogen-bond acceptors (Lipinski definition) is 5.